The molecule has 3 unspecified atom stereocenters. The van der Waals surface area contributed by atoms with Crippen LogP contribution in [0.2, 0.25) is 0 Å². The van der Waals surface area contributed by atoms with Gasteiger partial charge in [-0.25, -0.2) is 13.8 Å². The summed E-state index contributed by atoms with van der Waals surface area (Å²) in [7, 11) is 0. The molecule has 1 aromatic carbocycles. The Morgan fingerprint density at radius 2 is 1.76 bits per heavy atom. The molecule has 0 fully saturated rings. The lowest BCUT2D eigenvalue weighted by Crippen LogP contribution is -2.45. The van der Waals surface area contributed by atoms with Gasteiger partial charge in [-0.1, -0.05) is 0 Å². The highest BCUT2D eigenvalue weighted by atomic mass is 19.2. The number of aromatic nitrogens is 2. The van der Waals surface area contributed by atoms with Gasteiger partial charge in [0.15, 0.2) is 11.6 Å². The number of hydrogen-bond acceptors (Lipinski definition) is 6. The molecule has 0 saturated heterocycles. The Bertz CT molecular complexity index is 597. The molecule has 9 heteroatoms. The van der Waals surface area contributed by atoms with Crippen LogP contribution in [0.15, 0.2) is 12.1 Å². The summed E-state index contributed by atoms with van der Waals surface area (Å²) in [5.74, 6) is -2.17. The van der Waals surface area contributed by atoms with E-state index in [0.717, 1.165) is 12.1 Å². The van der Waals surface area contributed by atoms with Crippen LogP contribution in [-0.2, 0) is 0 Å². The molecule has 2 aromatic rings. The quantitative estimate of drug-likeness (QED) is 0.416. The first-order valence-electron chi connectivity index (χ1n) is 6.10. The van der Waals surface area contributed by atoms with Crippen LogP contribution in [0.1, 0.15) is 11.9 Å². The summed E-state index contributed by atoms with van der Waals surface area (Å²) >= 11 is 0. The first kappa shape index (κ1) is 15.7. The number of aromatic amines is 1. The predicted octanol–water partition coefficient (Wildman–Crippen LogP) is -1.08. The molecule has 0 saturated carbocycles. The fourth-order valence-electron chi connectivity index (χ4n) is 1.89. The average molecular weight is 303 g/mol. The Hall–Kier alpha value is -1.65. The highest BCUT2D eigenvalue weighted by Crippen LogP contribution is 2.21. The smallest absolute Gasteiger partial charge is 0.161 e. The van der Waals surface area contributed by atoms with E-state index < -0.39 is 42.6 Å². The second-order valence-corrected chi connectivity index (χ2v) is 4.66. The van der Waals surface area contributed by atoms with Crippen molar-refractivity contribution in [1.82, 2.24) is 9.97 Å². The van der Waals surface area contributed by atoms with Gasteiger partial charge in [-0.15, -0.1) is 0 Å². The number of nitrogens with one attached hydrogen (secondary N) is 1. The maximum absolute atomic E-state index is 13.1. The van der Waals surface area contributed by atoms with E-state index >= 15 is 0 Å². The van der Waals surface area contributed by atoms with Gasteiger partial charge in [0.1, 0.15) is 24.1 Å². The van der Waals surface area contributed by atoms with Gasteiger partial charge in [-0.2, -0.15) is 0 Å². The number of aliphatic hydroxyl groups excluding tert-OH is 4. The minimum atomic E-state index is -1.70. The maximum Gasteiger partial charge on any atom is 0.161 e. The van der Waals surface area contributed by atoms with Gasteiger partial charge >= 0.3 is 0 Å². The van der Waals surface area contributed by atoms with Crippen LogP contribution >= 0.6 is 0 Å². The highest BCUT2D eigenvalue weighted by Gasteiger charge is 2.31. The Kier molecular flexibility index (Phi) is 4.49. The second-order valence-electron chi connectivity index (χ2n) is 4.66. The van der Waals surface area contributed by atoms with Gasteiger partial charge in [0.25, 0.3) is 0 Å². The fourth-order valence-corrected chi connectivity index (χ4v) is 1.89. The van der Waals surface area contributed by atoms with E-state index in [1.807, 2.05) is 0 Å². The van der Waals surface area contributed by atoms with E-state index in [1.54, 1.807) is 0 Å². The van der Waals surface area contributed by atoms with Crippen molar-refractivity contribution < 1.29 is 29.2 Å². The monoisotopic (exact) mass is 303 g/mol. The second kappa shape index (κ2) is 6.00. The zero-order chi connectivity index (χ0) is 15.7. The number of fused-ring (bicyclic) bond motifs is 1. The van der Waals surface area contributed by atoms with Crippen molar-refractivity contribution in [2.45, 2.75) is 24.4 Å². The SMILES string of the molecule is NC(c1nc2cc(F)c(F)cc2[nH]1)C(O)[C@@H](O)C(O)CO. The van der Waals surface area contributed by atoms with Crippen LogP contribution in [0.3, 0.4) is 0 Å². The van der Waals surface area contributed by atoms with E-state index in [2.05, 4.69) is 9.97 Å². The van der Waals surface area contributed by atoms with Gasteiger partial charge < -0.3 is 31.1 Å². The summed E-state index contributed by atoms with van der Waals surface area (Å²) in [5, 5.41) is 37.4. The molecule has 0 aliphatic rings. The molecule has 0 bridgehead atoms. The fraction of sp³-hybridized carbons (Fsp3) is 0.417. The number of rotatable bonds is 5. The number of aliphatic hydroxyl groups is 4. The Morgan fingerprint density at radius 3 is 2.38 bits per heavy atom. The van der Waals surface area contributed by atoms with E-state index in [1.165, 1.54) is 0 Å². The number of halogens is 2. The third-order valence-electron chi connectivity index (χ3n) is 3.16. The minimum absolute atomic E-state index is 0.0216. The molecular formula is C12H15F2N3O4. The van der Waals surface area contributed by atoms with Gasteiger partial charge in [-0.05, 0) is 0 Å². The molecule has 1 aromatic heterocycles. The maximum atomic E-state index is 13.1. The van der Waals surface area contributed by atoms with Crippen LogP contribution in [0.25, 0.3) is 11.0 Å². The van der Waals surface area contributed by atoms with Gasteiger partial charge in [-0.3, -0.25) is 0 Å². The van der Waals surface area contributed by atoms with Crippen LogP contribution in [-0.4, -0.2) is 55.3 Å². The van der Waals surface area contributed by atoms with Crippen molar-refractivity contribution >= 4 is 11.0 Å². The molecule has 7 N–H and O–H groups in total. The molecular weight excluding hydrogens is 288 g/mol. The van der Waals surface area contributed by atoms with E-state index in [0.29, 0.717) is 0 Å². The highest BCUT2D eigenvalue weighted by molar-refractivity contribution is 5.75. The van der Waals surface area contributed by atoms with Gasteiger partial charge in [0.2, 0.25) is 0 Å². The molecule has 4 atom stereocenters. The zero-order valence-electron chi connectivity index (χ0n) is 10.7. The van der Waals surface area contributed by atoms with Crippen molar-refractivity contribution in [2.75, 3.05) is 6.61 Å². The summed E-state index contributed by atoms with van der Waals surface area (Å²) < 4.78 is 26.2. The Balaban J connectivity index is 2.28. The Labute approximate surface area is 117 Å². The number of imidazole rings is 1. The number of nitrogens with two attached hydrogens (primary N) is 1. The number of hydrogen-bond donors (Lipinski definition) is 6. The van der Waals surface area contributed by atoms with Gasteiger partial charge in [0.05, 0.1) is 23.7 Å². The van der Waals surface area contributed by atoms with Crippen LogP contribution in [0.4, 0.5) is 8.78 Å². The van der Waals surface area contributed by atoms with Gasteiger partial charge in [0, 0.05) is 12.1 Å². The molecule has 1 heterocycles. The summed E-state index contributed by atoms with van der Waals surface area (Å²) in [6, 6.07) is 0.502. The standard InChI is InChI=1S/C12H15F2N3O4/c13-4-1-6-7(2-5(4)14)17-12(16-6)9(15)11(21)10(20)8(19)3-18/h1-2,8-11,18-21H,3,15H2,(H,16,17)/t8?,9?,10-,11?/m0/s1. The largest absolute Gasteiger partial charge is 0.394 e. The van der Waals surface area contributed by atoms with E-state index in [9.17, 15) is 24.1 Å². The van der Waals surface area contributed by atoms with Crippen LogP contribution in [0.5, 0.6) is 0 Å². The third-order valence-corrected chi connectivity index (χ3v) is 3.16. The van der Waals surface area contributed by atoms with Crippen molar-refractivity contribution in [2.24, 2.45) is 5.73 Å². The number of benzene rings is 1. The average Bonchev–Trinajstić information content (AvgIpc) is 2.87. The molecule has 7 nitrogen and oxygen atoms in total. The third kappa shape index (κ3) is 3.01. The normalized spacial score (nSPS) is 17.7. The first-order valence-corrected chi connectivity index (χ1v) is 6.10. The van der Waals surface area contributed by atoms with E-state index in [-0.39, 0.29) is 16.9 Å². The molecule has 0 aliphatic carbocycles. The lowest BCUT2D eigenvalue weighted by Gasteiger charge is -2.25. The summed E-state index contributed by atoms with van der Waals surface area (Å²) in [6.07, 6.45) is -4.92. The van der Waals surface area contributed by atoms with Crippen molar-refractivity contribution in [1.29, 1.82) is 0 Å². The van der Waals surface area contributed by atoms with Crippen LogP contribution in [0, 0.1) is 11.6 Å². The van der Waals surface area contributed by atoms with Crippen molar-refractivity contribution in [3.63, 3.8) is 0 Å². The summed E-state index contributed by atoms with van der Waals surface area (Å²) in [4.78, 5) is 6.50. The molecule has 0 radical (unpaired) electrons. The molecule has 0 spiro atoms. The van der Waals surface area contributed by atoms with Crippen molar-refractivity contribution in [3.05, 3.63) is 29.6 Å². The first-order chi connectivity index (χ1) is 9.85. The summed E-state index contributed by atoms with van der Waals surface area (Å²) in [6.45, 7) is -0.762. The topological polar surface area (TPSA) is 136 Å². The molecule has 116 valence electrons. The number of nitrogens with zero attached hydrogens (tertiary/aromatic N) is 1. The molecule has 21 heavy (non-hydrogen) atoms. The molecule has 2 rings (SSSR count). The summed E-state index contributed by atoms with van der Waals surface area (Å²) in [5.41, 5.74) is 5.96. The predicted molar refractivity (Wildman–Crippen MR) is 68.0 cm³/mol. The van der Waals surface area contributed by atoms with E-state index in [4.69, 9.17) is 10.8 Å². The van der Waals surface area contributed by atoms with Crippen LogP contribution < -0.4 is 5.73 Å². The molecule has 0 amide bonds. The minimum Gasteiger partial charge on any atom is -0.394 e. The van der Waals surface area contributed by atoms with Crippen molar-refractivity contribution in [3.8, 4) is 0 Å². The lowest BCUT2D eigenvalue weighted by molar-refractivity contribution is -0.0844. The Morgan fingerprint density at radius 1 is 1.14 bits per heavy atom. The lowest BCUT2D eigenvalue weighted by atomic mass is 10.0. The number of H-pyrrole nitrogens is 1. The molecule has 0 aliphatic heterocycles. The zero-order valence-corrected chi connectivity index (χ0v) is 10.7.